The first-order valence-electron chi connectivity index (χ1n) is 28.5. The van der Waals surface area contributed by atoms with Gasteiger partial charge in [-0.15, -0.1) is 0 Å². The normalized spacial score (nSPS) is 13.9. The van der Waals surface area contributed by atoms with Gasteiger partial charge in [-0.05, 0) is 96.3 Å². The summed E-state index contributed by atoms with van der Waals surface area (Å²) in [7, 11) is 0. The molecule has 0 saturated carbocycles. The summed E-state index contributed by atoms with van der Waals surface area (Å²) in [5.41, 5.74) is 0. The second kappa shape index (κ2) is 54.7. The number of nitrogens with one attached hydrogen (secondary N) is 1. The highest BCUT2D eigenvalue weighted by molar-refractivity contribution is 5.77. The molecule has 0 aliphatic rings. The Morgan fingerprint density at radius 1 is 0.441 bits per heavy atom. The molecule has 390 valence electrons. The Hall–Kier alpha value is -3.22. The second-order valence-electron chi connectivity index (χ2n) is 19.0. The molecule has 0 spiro atoms. The fourth-order valence-corrected chi connectivity index (χ4v) is 8.13. The van der Waals surface area contributed by atoms with Gasteiger partial charge in [-0.3, -0.25) is 9.59 Å². The molecule has 3 N–H and O–H groups in total. The number of esters is 1. The molecular formula is C62H107NO5. The Kier molecular flexibility index (Phi) is 52.1. The zero-order chi connectivity index (χ0) is 49.5. The topological polar surface area (TPSA) is 95.9 Å². The monoisotopic (exact) mass is 946 g/mol. The van der Waals surface area contributed by atoms with E-state index in [0.29, 0.717) is 19.3 Å². The van der Waals surface area contributed by atoms with Crippen LogP contribution in [0.4, 0.5) is 0 Å². The maximum atomic E-state index is 13.3. The van der Waals surface area contributed by atoms with Crippen LogP contribution >= 0.6 is 0 Å². The second-order valence-corrected chi connectivity index (χ2v) is 19.0. The van der Waals surface area contributed by atoms with E-state index in [0.717, 1.165) is 96.3 Å². The van der Waals surface area contributed by atoms with Crippen LogP contribution in [0.3, 0.4) is 0 Å². The molecule has 6 nitrogen and oxygen atoms in total. The summed E-state index contributed by atoms with van der Waals surface area (Å²) in [6, 6.07) is -0.730. The van der Waals surface area contributed by atoms with Crippen molar-refractivity contribution in [3.8, 4) is 0 Å². The molecule has 0 heterocycles. The van der Waals surface area contributed by atoms with E-state index in [1.807, 2.05) is 6.08 Å². The van der Waals surface area contributed by atoms with E-state index in [-0.39, 0.29) is 31.3 Å². The molecule has 3 unspecified atom stereocenters. The maximum absolute atomic E-state index is 13.3. The number of carbonyl (C=O) groups excluding carboxylic acids is 2. The third kappa shape index (κ3) is 49.2. The van der Waals surface area contributed by atoms with Crippen molar-refractivity contribution in [3.05, 3.63) is 97.2 Å². The molecule has 0 aromatic heterocycles. The average Bonchev–Trinajstić information content (AvgIpc) is 3.33. The smallest absolute Gasteiger partial charge is 0.306 e. The summed E-state index contributed by atoms with van der Waals surface area (Å²) in [6.07, 6.45) is 73.3. The molecule has 0 aromatic carbocycles. The van der Waals surface area contributed by atoms with Gasteiger partial charge in [0.1, 0.15) is 6.10 Å². The van der Waals surface area contributed by atoms with E-state index in [1.165, 1.54) is 109 Å². The van der Waals surface area contributed by atoms with Gasteiger partial charge in [-0.1, -0.05) is 246 Å². The van der Waals surface area contributed by atoms with Crippen LogP contribution in [-0.2, 0) is 14.3 Å². The Morgan fingerprint density at radius 3 is 1.24 bits per heavy atom. The van der Waals surface area contributed by atoms with Crippen molar-refractivity contribution >= 4 is 11.9 Å². The number of hydrogen-bond donors (Lipinski definition) is 3. The fourth-order valence-electron chi connectivity index (χ4n) is 8.13. The molecule has 0 radical (unpaired) electrons. The zero-order valence-electron chi connectivity index (χ0n) is 44.5. The standard InChI is InChI=1S/C62H107NO5/c1-4-7-10-13-16-19-22-25-28-31-32-35-38-41-44-47-50-53-58(68-62(67)55-52-49-46-43-40-37-34-30-27-24-21-18-15-12-9-6-3)56-61(66)63-59(57-64)60(65)54-51-48-45-42-39-36-33-29-26-23-20-17-14-11-8-5-2/h9,12,16,18-19,21,25,27-28,30,32,35,37,40,46,49,58-60,64-65H,4-8,10-11,13-15,17,20,22-24,26,29,31,33-34,36,38-39,41-45,47-48,50-57H2,1-3H3,(H,63,66)/b12-9+,19-16-,21-18+,28-25-,30-27+,35-32-,40-37+,49-46+. The lowest BCUT2D eigenvalue weighted by atomic mass is 10.0. The molecular weight excluding hydrogens is 839 g/mol. The number of aliphatic hydroxyl groups is 2. The highest BCUT2D eigenvalue weighted by Gasteiger charge is 2.24. The summed E-state index contributed by atoms with van der Waals surface area (Å²) in [6.45, 7) is 6.33. The highest BCUT2D eigenvalue weighted by Crippen LogP contribution is 2.17. The first-order chi connectivity index (χ1) is 33.5. The zero-order valence-corrected chi connectivity index (χ0v) is 44.5. The van der Waals surface area contributed by atoms with E-state index in [9.17, 15) is 19.8 Å². The molecule has 0 saturated heterocycles. The SMILES string of the molecule is CC/C=C/C/C=C/C/C=C/C/C=C/C/C=C/CCC(=O)OC(CCCCCC/C=C\C/C=C\C/C=C\CCCCC)CC(=O)NC(CO)C(O)CCCCCCCCCCCCCCCCCC. The van der Waals surface area contributed by atoms with E-state index >= 15 is 0 Å². The largest absolute Gasteiger partial charge is 0.462 e. The molecule has 0 aliphatic heterocycles. The predicted molar refractivity (Wildman–Crippen MR) is 296 cm³/mol. The molecule has 0 rings (SSSR count). The first-order valence-corrected chi connectivity index (χ1v) is 28.5. The minimum Gasteiger partial charge on any atom is -0.462 e. The van der Waals surface area contributed by atoms with E-state index in [4.69, 9.17) is 4.74 Å². The molecule has 0 bridgehead atoms. The minimum absolute atomic E-state index is 0.0284. The Balaban J connectivity index is 4.72. The van der Waals surface area contributed by atoms with Crippen LogP contribution in [0.25, 0.3) is 0 Å². The lowest BCUT2D eigenvalue weighted by Crippen LogP contribution is -2.46. The molecule has 6 heteroatoms. The van der Waals surface area contributed by atoms with Crippen molar-refractivity contribution in [1.29, 1.82) is 0 Å². The van der Waals surface area contributed by atoms with E-state index in [1.54, 1.807) is 0 Å². The van der Waals surface area contributed by atoms with Crippen molar-refractivity contribution < 1.29 is 24.5 Å². The number of amides is 1. The minimum atomic E-state index is -0.813. The van der Waals surface area contributed by atoms with Crippen molar-refractivity contribution in [2.75, 3.05) is 6.61 Å². The van der Waals surface area contributed by atoms with Gasteiger partial charge < -0.3 is 20.3 Å². The van der Waals surface area contributed by atoms with Gasteiger partial charge in [0.05, 0.1) is 25.2 Å². The molecule has 1 amide bonds. The van der Waals surface area contributed by atoms with Crippen molar-refractivity contribution in [2.45, 2.75) is 277 Å². The van der Waals surface area contributed by atoms with Crippen LogP contribution < -0.4 is 5.32 Å². The average molecular weight is 947 g/mol. The summed E-state index contributed by atoms with van der Waals surface area (Å²) in [4.78, 5) is 26.2. The molecule has 0 fully saturated rings. The quantitative estimate of drug-likeness (QED) is 0.0321. The van der Waals surface area contributed by atoms with E-state index < -0.39 is 18.2 Å². The first kappa shape index (κ1) is 64.8. The highest BCUT2D eigenvalue weighted by atomic mass is 16.5. The molecule has 0 aromatic rings. The number of hydrogen-bond acceptors (Lipinski definition) is 5. The van der Waals surface area contributed by atoms with Gasteiger partial charge in [0, 0.05) is 6.42 Å². The maximum Gasteiger partial charge on any atom is 0.306 e. The predicted octanol–water partition coefficient (Wildman–Crippen LogP) is 17.7. The number of aliphatic hydroxyl groups excluding tert-OH is 2. The Labute approximate surface area is 420 Å². The van der Waals surface area contributed by atoms with Crippen LogP contribution in [0, 0.1) is 0 Å². The number of allylic oxidation sites excluding steroid dienone is 16. The van der Waals surface area contributed by atoms with Crippen LogP contribution in [0.1, 0.15) is 258 Å². The van der Waals surface area contributed by atoms with Gasteiger partial charge in [-0.2, -0.15) is 0 Å². The van der Waals surface area contributed by atoms with E-state index in [2.05, 4.69) is 117 Å². The van der Waals surface area contributed by atoms with Crippen molar-refractivity contribution in [1.82, 2.24) is 5.32 Å². The number of ether oxygens (including phenoxy) is 1. The van der Waals surface area contributed by atoms with Gasteiger partial charge in [0.15, 0.2) is 0 Å². The third-order valence-electron chi connectivity index (χ3n) is 12.4. The molecule has 0 aliphatic carbocycles. The van der Waals surface area contributed by atoms with Crippen molar-refractivity contribution in [3.63, 3.8) is 0 Å². The summed E-state index contributed by atoms with van der Waals surface area (Å²) >= 11 is 0. The molecule has 68 heavy (non-hydrogen) atoms. The summed E-state index contributed by atoms with van der Waals surface area (Å²) in [5, 5.41) is 23.9. The lowest BCUT2D eigenvalue weighted by Gasteiger charge is -2.24. The number of rotatable bonds is 50. The lowest BCUT2D eigenvalue weighted by molar-refractivity contribution is -0.150. The van der Waals surface area contributed by atoms with Crippen LogP contribution in [-0.4, -0.2) is 46.9 Å². The van der Waals surface area contributed by atoms with Gasteiger partial charge in [-0.25, -0.2) is 0 Å². The fraction of sp³-hybridized carbons (Fsp3) is 0.710. The van der Waals surface area contributed by atoms with Gasteiger partial charge in [0.25, 0.3) is 0 Å². The van der Waals surface area contributed by atoms with Crippen molar-refractivity contribution in [2.24, 2.45) is 0 Å². The Morgan fingerprint density at radius 2 is 0.794 bits per heavy atom. The van der Waals surface area contributed by atoms with Gasteiger partial charge >= 0.3 is 5.97 Å². The van der Waals surface area contributed by atoms with Crippen LogP contribution in [0.15, 0.2) is 97.2 Å². The summed E-state index contributed by atoms with van der Waals surface area (Å²) in [5.74, 6) is -0.596. The van der Waals surface area contributed by atoms with Crippen LogP contribution in [0.2, 0.25) is 0 Å². The number of carbonyl (C=O) groups is 2. The van der Waals surface area contributed by atoms with Gasteiger partial charge in [0.2, 0.25) is 5.91 Å². The molecule has 3 atom stereocenters. The Bertz CT molecular complexity index is 1340. The van der Waals surface area contributed by atoms with Crippen LogP contribution in [0.5, 0.6) is 0 Å². The number of unbranched alkanes of at least 4 members (excludes halogenated alkanes) is 22. The summed E-state index contributed by atoms with van der Waals surface area (Å²) < 4.78 is 5.90. The third-order valence-corrected chi connectivity index (χ3v) is 12.4.